The van der Waals surface area contributed by atoms with E-state index in [9.17, 15) is 9.90 Å². The number of hydrogen-bond acceptors (Lipinski definition) is 2. The Labute approximate surface area is 304 Å². The Bertz CT molecular complexity index is 598. The molecular formula is C45H91NO2. The van der Waals surface area contributed by atoms with Crippen LogP contribution >= 0.6 is 0 Å². The van der Waals surface area contributed by atoms with Gasteiger partial charge in [0.05, 0.1) is 0 Å². The molecule has 0 fully saturated rings. The molecular weight excluding hydrogens is 587 g/mol. The minimum atomic E-state index is -0.577. The number of carbonyl (C=O) groups is 1. The number of carboxylic acid groups (broad SMARTS) is 1. The van der Waals surface area contributed by atoms with Crippen molar-refractivity contribution in [1.82, 2.24) is 4.90 Å². The van der Waals surface area contributed by atoms with Crippen molar-refractivity contribution in [3.63, 3.8) is 0 Å². The van der Waals surface area contributed by atoms with E-state index >= 15 is 0 Å². The molecule has 2 atom stereocenters. The Morgan fingerprint density at radius 1 is 0.396 bits per heavy atom. The fourth-order valence-electron chi connectivity index (χ4n) is 7.73. The van der Waals surface area contributed by atoms with Crippen LogP contribution in [-0.2, 0) is 4.79 Å². The number of unbranched alkanes of at least 4 members (excludes halogenated alkanes) is 28. The zero-order valence-corrected chi connectivity index (χ0v) is 33.8. The van der Waals surface area contributed by atoms with E-state index in [1.54, 1.807) is 0 Å². The van der Waals surface area contributed by atoms with Gasteiger partial charge in [0.2, 0.25) is 0 Å². The molecule has 0 aliphatic rings. The third-order valence-corrected chi connectivity index (χ3v) is 11.2. The van der Waals surface area contributed by atoms with Crippen molar-refractivity contribution in [1.29, 1.82) is 0 Å². The second-order valence-corrected chi connectivity index (χ2v) is 15.8. The molecule has 0 aliphatic carbocycles. The van der Waals surface area contributed by atoms with Crippen LogP contribution in [0.3, 0.4) is 0 Å². The van der Waals surface area contributed by atoms with E-state index in [2.05, 4.69) is 32.6 Å². The molecule has 0 rings (SSSR count). The Balaban J connectivity index is 4.49. The molecule has 1 N–H and O–H groups in total. The van der Waals surface area contributed by atoms with E-state index in [1.165, 1.54) is 205 Å². The number of aliphatic carboxylic acids is 1. The molecule has 0 aliphatic heterocycles. The zero-order valence-electron chi connectivity index (χ0n) is 33.8. The molecule has 0 aromatic carbocycles. The van der Waals surface area contributed by atoms with Crippen LogP contribution in [0, 0.1) is 5.92 Å². The average Bonchev–Trinajstić information content (AvgIpc) is 3.08. The van der Waals surface area contributed by atoms with Crippen molar-refractivity contribution in [2.45, 2.75) is 265 Å². The van der Waals surface area contributed by atoms with Gasteiger partial charge in [-0.25, -0.2) is 0 Å². The van der Waals surface area contributed by atoms with Gasteiger partial charge in [0, 0.05) is 0 Å². The molecule has 3 nitrogen and oxygen atoms in total. The fraction of sp³-hybridized carbons (Fsp3) is 0.978. The summed E-state index contributed by atoms with van der Waals surface area (Å²) in [5.74, 6) is 0.253. The lowest BCUT2D eigenvalue weighted by Gasteiger charge is -2.29. The first kappa shape index (κ1) is 47.4. The average molecular weight is 678 g/mol. The van der Waals surface area contributed by atoms with Gasteiger partial charge >= 0.3 is 5.97 Å². The van der Waals surface area contributed by atoms with Crippen LogP contribution in [0.2, 0.25) is 0 Å². The van der Waals surface area contributed by atoms with Gasteiger partial charge in [-0.3, -0.25) is 9.69 Å². The standard InChI is InChI=1S/C45H91NO2/c1-5-9-12-15-18-21-24-27-30-33-38-43(8-4)39-34-35-40-44(45(47)48)46(41-36-31-28-25-22-19-16-13-10-6-2)42-37-32-29-26-23-20-17-14-11-7-3/h43-44H,5-42H2,1-4H3,(H,47,48). The lowest BCUT2D eigenvalue weighted by atomic mass is 9.92. The summed E-state index contributed by atoms with van der Waals surface area (Å²) in [5, 5.41) is 10.3. The smallest absolute Gasteiger partial charge is 0.320 e. The van der Waals surface area contributed by atoms with Crippen LogP contribution in [0.5, 0.6) is 0 Å². The Hall–Kier alpha value is -0.570. The first-order chi connectivity index (χ1) is 23.6. The van der Waals surface area contributed by atoms with E-state index in [-0.39, 0.29) is 6.04 Å². The predicted molar refractivity (Wildman–Crippen MR) is 215 cm³/mol. The largest absolute Gasteiger partial charge is 0.480 e. The second kappa shape index (κ2) is 39.2. The van der Waals surface area contributed by atoms with Gasteiger partial charge in [0.1, 0.15) is 6.04 Å². The highest BCUT2D eigenvalue weighted by molar-refractivity contribution is 5.73. The van der Waals surface area contributed by atoms with Gasteiger partial charge in [0.15, 0.2) is 0 Å². The summed E-state index contributed by atoms with van der Waals surface area (Å²) in [4.78, 5) is 15.0. The summed E-state index contributed by atoms with van der Waals surface area (Å²) in [5.41, 5.74) is 0. The van der Waals surface area contributed by atoms with Gasteiger partial charge < -0.3 is 5.11 Å². The third-order valence-electron chi connectivity index (χ3n) is 11.2. The maximum Gasteiger partial charge on any atom is 0.320 e. The highest BCUT2D eigenvalue weighted by Gasteiger charge is 2.24. The molecule has 0 saturated heterocycles. The summed E-state index contributed by atoms with van der Waals surface area (Å²) in [7, 11) is 0. The minimum Gasteiger partial charge on any atom is -0.480 e. The van der Waals surface area contributed by atoms with E-state index < -0.39 is 5.97 Å². The van der Waals surface area contributed by atoms with E-state index in [4.69, 9.17) is 0 Å². The highest BCUT2D eigenvalue weighted by Crippen LogP contribution is 2.23. The molecule has 0 spiro atoms. The Morgan fingerprint density at radius 2 is 0.667 bits per heavy atom. The minimum absolute atomic E-state index is 0.288. The van der Waals surface area contributed by atoms with Crippen LogP contribution in [0.1, 0.15) is 259 Å². The molecule has 0 bridgehead atoms. The molecule has 0 heterocycles. The first-order valence-electron chi connectivity index (χ1n) is 22.6. The topological polar surface area (TPSA) is 40.5 Å². The van der Waals surface area contributed by atoms with E-state index in [1.807, 2.05) is 0 Å². The zero-order chi connectivity index (χ0) is 35.2. The molecule has 3 heteroatoms. The molecule has 288 valence electrons. The van der Waals surface area contributed by atoms with Crippen LogP contribution in [-0.4, -0.2) is 35.1 Å². The molecule has 0 aromatic heterocycles. The summed E-state index contributed by atoms with van der Waals surface area (Å²) >= 11 is 0. The lowest BCUT2D eigenvalue weighted by Crippen LogP contribution is -2.42. The Kier molecular flexibility index (Phi) is 38.8. The summed E-state index contributed by atoms with van der Waals surface area (Å²) in [6, 6.07) is -0.288. The second-order valence-electron chi connectivity index (χ2n) is 15.8. The number of rotatable bonds is 41. The number of hydrogen-bond donors (Lipinski definition) is 1. The van der Waals surface area contributed by atoms with Crippen LogP contribution in [0.15, 0.2) is 0 Å². The quantitative estimate of drug-likeness (QED) is 0.0655. The van der Waals surface area contributed by atoms with Gasteiger partial charge in [-0.15, -0.1) is 0 Å². The molecule has 48 heavy (non-hydrogen) atoms. The molecule has 2 unspecified atom stereocenters. The summed E-state index contributed by atoms with van der Waals surface area (Å²) < 4.78 is 0. The van der Waals surface area contributed by atoms with Crippen molar-refractivity contribution in [2.75, 3.05) is 13.1 Å². The van der Waals surface area contributed by atoms with Crippen LogP contribution < -0.4 is 0 Å². The molecule has 0 amide bonds. The summed E-state index contributed by atoms with van der Waals surface area (Å²) in [6.07, 6.45) is 47.9. The third kappa shape index (κ3) is 32.6. The van der Waals surface area contributed by atoms with Gasteiger partial charge in [0.25, 0.3) is 0 Å². The predicted octanol–water partition coefficient (Wildman–Crippen LogP) is 15.5. The van der Waals surface area contributed by atoms with Gasteiger partial charge in [-0.05, 0) is 38.3 Å². The van der Waals surface area contributed by atoms with E-state index in [0.717, 1.165) is 44.7 Å². The van der Waals surface area contributed by atoms with Crippen molar-refractivity contribution in [3.05, 3.63) is 0 Å². The molecule has 0 saturated carbocycles. The maximum absolute atomic E-state index is 12.6. The van der Waals surface area contributed by atoms with Crippen molar-refractivity contribution in [3.8, 4) is 0 Å². The van der Waals surface area contributed by atoms with Crippen LogP contribution in [0.4, 0.5) is 0 Å². The normalized spacial score (nSPS) is 13.0. The van der Waals surface area contributed by atoms with Crippen LogP contribution in [0.25, 0.3) is 0 Å². The van der Waals surface area contributed by atoms with Gasteiger partial charge in [-0.1, -0.05) is 240 Å². The first-order valence-corrected chi connectivity index (χ1v) is 22.6. The van der Waals surface area contributed by atoms with Gasteiger partial charge in [-0.2, -0.15) is 0 Å². The Morgan fingerprint density at radius 3 is 0.979 bits per heavy atom. The molecule has 0 aromatic rings. The molecule has 0 radical (unpaired) electrons. The monoisotopic (exact) mass is 678 g/mol. The number of carboxylic acids is 1. The SMILES string of the molecule is CCCCCCCCCCCCC(CC)CCCCC(C(=O)O)N(CCCCCCCCCCCC)CCCCCCCCCCCC. The van der Waals surface area contributed by atoms with Crippen molar-refractivity contribution < 1.29 is 9.90 Å². The number of nitrogens with zero attached hydrogens (tertiary/aromatic N) is 1. The van der Waals surface area contributed by atoms with Crippen molar-refractivity contribution >= 4 is 5.97 Å². The summed E-state index contributed by atoms with van der Waals surface area (Å²) in [6.45, 7) is 11.2. The van der Waals surface area contributed by atoms with Crippen molar-refractivity contribution in [2.24, 2.45) is 5.92 Å². The maximum atomic E-state index is 12.6. The van der Waals surface area contributed by atoms with E-state index in [0.29, 0.717) is 0 Å². The fourth-order valence-corrected chi connectivity index (χ4v) is 7.73. The lowest BCUT2D eigenvalue weighted by molar-refractivity contribution is -0.143. The highest BCUT2D eigenvalue weighted by atomic mass is 16.4.